The Morgan fingerprint density at radius 1 is 1.33 bits per heavy atom. The van der Waals surface area contributed by atoms with E-state index in [1.807, 2.05) is 37.3 Å². The standard InChI is InChI=1S/C10H15NO/c1-9(12-2)8-11-10-6-4-3-5-7-10/h3-7,9,11H,8H2,1-2H3. The van der Waals surface area contributed by atoms with E-state index in [9.17, 15) is 0 Å². The third-order valence-electron chi connectivity index (χ3n) is 1.77. The molecule has 2 heteroatoms. The van der Waals surface area contributed by atoms with Gasteiger partial charge in [0, 0.05) is 19.3 Å². The minimum Gasteiger partial charge on any atom is -0.382 e. The van der Waals surface area contributed by atoms with Crippen LogP contribution < -0.4 is 5.32 Å². The van der Waals surface area contributed by atoms with Crippen molar-refractivity contribution in [3.05, 3.63) is 30.3 Å². The first kappa shape index (κ1) is 9.07. The van der Waals surface area contributed by atoms with Crippen molar-refractivity contribution in [3.63, 3.8) is 0 Å². The van der Waals surface area contributed by atoms with Crippen molar-refractivity contribution in [1.29, 1.82) is 0 Å². The summed E-state index contributed by atoms with van der Waals surface area (Å²) in [5.74, 6) is 0. The van der Waals surface area contributed by atoms with Crippen LogP contribution in [0.1, 0.15) is 6.92 Å². The number of ether oxygens (including phenoxy) is 1. The molecule has 0 aliphatic rings. The molecule has 0 spiro atoms. The molecule has 0 radical (unpaired) electrons. The Kier molecular flexibility index (Phi) is 3.61. The van der Waals surface area contributed by atoms with Gasteiger partial charge in [0.25, 0.3) is 0 Å². The van der Waals surface area contributed by atoms with Crippen molar-refractivity contribution in [2.24, 2.45) is 0 Å². The van der Waals surface area contributed by atoms with Crippen molar-refractivity contribution in [1.82, 2.24) is 0 Å². The second-order valence-corrected chi connectivity index (χ2v) is 2.79. The van der Waals surface area contributed by atoms with Crippen LogP contribution in [0.25, 0.3) is 0 Å². The third-order valence-corrected chi connectivity index (χ3v) is 1.77. The number of anilines is 1. The van der Waals surface area contributed by atoms with E-state index in [2.05, 4.69) is 5.32 Å². The van der Waals surface area contributed by atoms with Crippen LogP contribution in [0.4, 0.5) is 5.69 Å². The summed E-state index contributed by atoms with van der Waals surface area (Å²) in [6.45, 7) is 2.89. The van der Waals surface area contributed by atoms with Gasteiger partial charge in [0.15, 0.2) is 0 Å². The number of nitrogens with one attached hydrogen (secondary N) is 1. The molecular weight excluding hydrogens is 150 g/mol. The summed E-state index contributed by atoms with van der Waals surface area (Å²) in [5, 5.41) is 3.27. The molecule has 1 rings (SSSR count). The second-order valence-electron chi connectivity index (χ2n) is 2.79. The Morgan fingerprint density at radius 3 is 2.58 bits per heavy atom. The van der Waals surface area contributed by atoms with Gasteiger partial charge in [-0.2, -0.15) is 0 Å². The van der Waals surface area contributed by atoms with Crippen molar-refractivity contribution in [3.8, 4) is 0 Å². The summed E-state index contributed by atoms with van der Waals surface area (Å²) in [6, 6.07) is 10.1. The topological polar surface area (TPSA) is 21.3 Å². The lowest BCUT2D eigenvalue weighted by molar-refractivity contribution is 0.129. The molecule has 0 fully saturated rings. The van der Waals surface area contributed by atoms with Crippen LogP contribution in [0.3, 0.4) is 0 Å². The van der Waals surface area contributed by atoms with E-state index >= 15 is 0 Å². The lowest BCUT2D eigenvalue weighted by atomic mass is 10.3. The lowest BCUT2D eigenvalue weighted by Crippen LogP contribution is -2.17. The van der Waals surface area contributed by atoms with E-state index in [1.54, 1.807) is 7.11 Å². The lowest BCUT2D eigenvalue weighted by Gasteiger charge is -2.11. The highest BCUT2D eigenvalue weighted by Gasteiger charge is 1.97. The van der Waals surface area contributed by atoms with Crippen LogP contribution in [0.2, 0.25) is 0 Å². The predicted molar refractivity (Wildman–Crippen MR) is 51.4 cm³/mol. The molecule has 1 unspecified atom stereocenters. The highest BCUT2D eigenvalue weighted by Crippen LogP contribution is 2.04. The van der Waals surface area contributed by atoms with Crippen LogP contribution >= 0.6 is 0 Å². The van der Waals surface area contributed by atoms with Gasteiger partial charge in [-0.15, -0.1) is 0 Å². The van der Waals surface area contributed by atoms with Crippen LogP contribution in [0.15, 0.2) is 30.3 Å². The average Bonchev–Trinajstić information content (AvgIpc) is 2.16. The summed E-state index contributed by atoms with van der Waals surface area (Å²) in [4.78, 5) is 0. The van der Waals surface area contributed by atoms with Crippen molar-refractivity contribution in [2.75, 3.05) is 19.0 Å². The Bertz CT molecular complexity index is 210. The number of methoxy groups -OCH3 is 1. The fourth-order valence-electron chi connectivity index (χ4n) is 0.901. The fraction of sp³-hybridized carbons (Fsp3) is 0.400. The van der Waals surface area contributed by atoms with Crippen LogP contribution in [-0.2, 0) is 4.74 Å². The van der Waals surface area contributed by atoms with Gasteiger partial charge in [0.1, 0.15) is 0 Å². The van der Waals surface area contributed by atoms with Gasteiger partial charge in [0.05, 0.1) is 6.10 Å². The highest BCUT2D eigenvalue weighted by molar-refractivity contribution is 5.42. The number of hydrogen-bond donors (Lipinski definition) is 1. The monoisotopic (exact) mass is 165 g/mol. The maximum atomic E-state index is 5.11. The Labute approximate surface area is 73.6 Å². The van der Waals surface area contributed by atoms with Crippen LogP contribution in [-0.4, -0.2) is 19.8 Å². The van der Waals surface area contributed by atoms with E-state index < -0.39 is 0 Å². The molecule has 0 bridgehead atoms. The van der Waals surface area contributed by atoms with Crippen molar-refractivity contribution in [2.45, 2.75) is 13.0 Å². The molecule has 1 aromatic carbocycles. The van der Waals surface area contributed by atoms with Crippen LogP contribution in [0.5, 0.6) is 0 Å². The summed E-state index contributed by atoms with van der Waals surface area (Å²) in [6.07, 6.45) is 0.255. The normalized spacial score (nSPS) is 12.5. The number of benzene rings is 1. The Morgan fingerprint density at radius 2 is 2.00 bits per heavy atom. The van der Waals surface area contributed by atoms with Gasteiger partial charge in [-0.05, 0) is 19.1 Å². The molecule has 1 aromatic rings. The molecule has 2 nitrogen and oxygen atoms in total. The molecule has 1 N–H and O–H groups in total. The molecule has 12 heavy (non-hydrogen) atoms. The molecule has 1 atom stereocenters. The molecule has 0 aliphatic carbocycles. The Balaban J connectivity index is 2.33. The summed E-state index contributed by atoms with van der Waals surface area (Å²) in [7, 11) is 1.72. The van der Waals surface area contributed by atoms with E-state index in [0.29, 0.717) is 0 Å². The van der Waals surface area contributed by atoms with Crippen molar-refractivity contribution >= 4 is 5.69 Å². The quantitative estimate of drug-likeness (QED) is 0.738. The molecule has 0 saturated carbocycles. The fourth-order valence-corrected chi connectivity index (χ4v) is 0.901. The zero-order chi connectivity index (χ0) is 8.81. The van der Waals surface area contributed by atoms with Gasteiger partial charge in [-0.3, -0.25) is 0 Å². The predicted octanol–water partition coefficient (Wildman–Crippen LogP) is 2.13. The smallest absolute Gasteiger partial charge is 0.0715 e. The van der Waals surface area contributed by atoms with Gasteiger partial charge in [-0.1, -0.05) is 18.2 Å². The zero-order valence-corrected chi connectivity index (χ0v) is 7.58. The summed E-state index contributed by atoms with van der Waals surface area (Å²) >= 11 is 0. The highest BCUT2D eigenvalue weighted by atomic mass is 16.5. The summed E-state index contributed by atoms with van der Waals surface area (Å²) < 4.78 is 5.11. The van der Waals surface area contributed by atoms with E-state index in [-0.39, 0.29) is 6.10 Å². The minimum absolute atomic E-state index is 0.255. The molecule has 0 amide bonds. The summed E-state index contributed by atoms with van der Waals surface area (Å²) in [5.41, 5.74) is 1.14. The third kappa shape index (κ3) is 2.93. The minimum atomic E-state index is 0.255. The van der Waals surface area contributed by atoms with Gasteiger partial charge in [-0.25, -0.2) is 0 Å². The first-order valence-electron chi connectivity index (χ1n) is 4.14. The maximum absolute atomic E-state index is 5.11. The van der Waals surface area contributed by atoms with Gasteiger partial charge in [0.2, 0.25) is 0 Å². The molecule has 66 valence electrons. The number of rotatable bonds is 4. The first-order valence-corrected chi connectivity index (χ1v) is 4.14. The number of para-hydroxylation sites is 1. The zero-order valence-electron chi connectivity index (χ0n) is 7.58. The van der Waals surface area contributed by atoms with Crippen LogP contribution in [0, 0.1) is 0 Å². The van der Waals surface area contributed by atoms with E-state index in [4.69, 9.17) is 4.74 Å². The molecule has 0 heterocycles. The maximum Gasteiger partial charge on any atom is 0.0715 e. The SMILES string of the molecule is COC(C)CNc1ccccc1. The van der Waals surface area contributed by atoms with E-state index in [1.165, 1.54) is 0 Å². The molecule has 0 saturated heterocycles. The van der Waals surface area contributed by atoms with E-state index in [0.717, 1.165) is 12.2 Å². The first-order chi connectivity index (χ1) is 5.83. The second kappa shape index (κ2) is 4.78. The molecule has 0 aliphatic heterocycles. The molecular formula is C10H15NO. The van der Waals surface area contributed by atoms with Gasteiger partial charge >= 0.3 is 0 Å². The number of hydrogen-bond acceptors (Lipinski definition) is 2. The van der Waals surface area contributed by atoms with Crippen molar-refractivity contribution < 1.29 is 4.74 Å². The Hall–Kier alpha value is -1.02. The largest absolute Gasteiger partial charge is 0.382 e. The molecule has 0 aromatic heterocycles. The average molecular weight is 165 g/mol. The van der Waals surface area contributed by atoms with Gasteiger partial charge < -0.3 is 10.1 Å².